The summed E-state index contributed by atoms with van der Waals surface area (Å²) in [6.07, 6.45) is 2.85. The molecule has 1 aromatic heterocycles. The Morgan fingerprint density at radius 3 is 2.53 bits per heavy atom. The highest BCUT2D eigenvalue weighted by atomic mass is 32.2. The zero-order valence-corrected chi connectivity index (χ0v) is 19.8. The van der Waals surface area contributed by atoms with E-state index in [1.807, 2.05) is 6.26 Å². The molecule has 1 aromatic carbocycles. The Hall–Kier alpha value is -2.28. The van der Waals surface area contributed by atoms with Crippen LogP contribution in [0.4, 0.5) is 6.01 Å². The molecule has 0 fully saturated rings. The highest BCUT2D eigenvalue weighted by molar-refractivity contribution is 7.98. The largest absolute Gasteiger partial charge is 0.508 e. The molecule has 0 saturated carbocycles. The normalized spacial score (nSPS) is 14.5. The van der Waals surface area contributed by atoms with E-state index in [9.17, 15) is 28.5 Å². The van der Waals surface area contributed by atoms with Gasteiger partial charge in [0.15, 0.2) is 5.69 Å². The van der Waals surface area contributed by atoms with Crippen molar-refractivity contribution >= 4 is 33.7 Å². The van der Waals surface area contributed by atoms with E-state index in [0.717, 1.165) is 28.1 Å². The summed E-state index contributed by atoms with van der Waals surface area (Å²) in [7, 11) is -2.38. The van der Waals surface area contributed by atoms with Gasteiger partial charge in [0.25, 0.3) is 5.91 Å². The summed E-state index contributed by atoms with van der Waals surface area (Å²) in [6.45, 7) is 0. The van der Waals surface area contributed by atoms with Crippen LogP contribution in [-0.4, -0.2) is 78.2 Å². The molecule has 0 aliphatic rings. The standard InChI is InChI=1S/C20H29N3O7S2/c1-23(32(3,28)29)20-22-16(12-30-20)19(27)21-15(11-13-6-8-14(24)9-7-13)18(26)17(25)5-4-10-31-2/h6-9,12,15,17-18,24-26H,4-5,10-11H2,1-3H3,(H,21,27). The number of hydrogen-bond acceptors (Lipinski definition) is 9. The third kappa shape index (κ3) is 7.40. The maximum atomic E-state index is 12.7. The van der Waals surface area contributed by atoms with Crippen molar-refractivity contribution in [1.29, 1.82) is 0 Å². The smallest absolute Gasteiger partial charge is 0.311 e. The van der Waals surface area contributed by atoms with Gasteiger partial charge in [0.1, 0.15) is 18.1 Å². The molecular formula is C20H29N3O7S2. The molecule has 12 heteroatoms. The molecular weight excluding hydrogens is 458 g/mol. The average Bonchev–Trinajstić information content (AvgIpc) is 3.23. The minimum Gasteiger partial charge on any atom is -0.508 e. The number of nitrogens with one attached hydrogen (secondary N) is 1. The van der Waals surface area contributed by atoms with Gasteiger partial charge in [-0.15, -0.1) is 0 Å². The van der Waals surface area contributed by atoms with Gasteiger partial charge in [-0.05, 0) is 49.0 Å². The van der Waals surface area contributed by atoms with Crippen molar-refractivity contribution in [3.05, 3.63) is 41.8 Å². The zero-order valence-electron chi connectivity index (χ0n) is 18.1. The highest BCUT2D eigenvalue weighted by Gasteiger charge is 2.29. The summed E-state index contributed by atoms with van der Waals surface area (Å²) >= 11 is 1.63. The Morgan fingerprint density at radius 2 is 1.94 bits per heavy atom. The monoisotopic (exact) mass is 487 g/mol. The highest BCUT2D eigenvalue weighted by Crippen LogP contribution is 2.18. The molecule has 0 bridgehead atoms. The lowest BCUT2D eigenvalue weighted by Crippen LogP contribution is -2.50. The molecule has 4 N–H and O–H groups in total. The molecule has 0 spiro atoms. The van der Waals surface area contributed by atoms with Gasteiger partial charge in [-0.3, -0.25) is 4.79 Å². The number of phenols is 1. The number of anilines is 1. The van der Waals surface area contributed by atoms with Crippen LogP contribution in [0.25, 0.3) is 0 Å². The number of hydrogen-bond donors (Lipinski definition) is 4. The number of aromatic nitrogens is 1. The van der Waals surface area contributed by atoms with Crippen LogP contribution >= 0.6 is 11.8 Å². The number of oxazole rings is 1. The van der Waals surface area contributed by atoms with Gasteiger partial charge in [0.2, 0.25) is 10.0 Å². The van der Waals surface area contributed by atoms with Crippen LogP contribution in [0.2, 0.25) is 0 Å². The fourth-order valence-corrected chi connectivity index (χ4v) is 3.74. The number of amides is 1. The van der Waals surface area contributed by atoms with Crippen molar-refractivity contribution < 1.29 is 32.9 Å². The first-order valence-electron chi connectivity index (χ1n) is 9.86. The average molecular weight is 488 g/mol. The van der Waals surface area contributed by atoms with Crippen molar-refractivity contribution in [2.75, 3.05) is 29.6 Å². The predicted molar refractivity (Wildman–Crippen MR) is 122 cm³/mol. The van der Waals surface area contributed by atoms with Crippen molar-refractivity contribution in [1.82, 2.24) is 10.3 Å². The molecule has 10 nitrogen and oxygen atoms in total. The second kappa shape index (κ2) is 11.5. The first kappa shape index (κ1) is 26.0. The van der Waals surface area contributed by atoms with Crippen molar-refractivity contribution in [2.24, 2.45) is 0 Å². The number of phenolic OH excluding ortho intramolecular Hbond substituents is 1. The Kier molecular flexibility index (Phi) is 9.37. The van der Waals surface area contributed by atoms with Gasteiger partial charge in [0.05, 0.1) is 18.4 Å². The van der Waals surface area contributed by atoms with Crippen LogP contribution in [0.5, 0.6) is 5.75 Å². The topological polar surface area (TPSA) is 153 Å². The number of benzene rings is 1. The Morgan fingerprint density at radius 1 is 1.28 bits per heavy atom. The lowest BCUT2D eigenvalue weighted by molar-refractivity contribution is -0.00735. The van der Waals surface area contributed by atoms with Crippen LogP contribution in [0.1, 0.15) is 28.9 Å². The third-order valence-corrected chi connectivity index (χ3v) is 6.70. The van der Waals surface area contributed by atoms with E-state index < -0.39 is 34.2 Å². The molecule has 0 radical (unpaired) electrons. The second-order valence-electron chi connectivity index (χ2n) is 7.39. The third-order valence-electron chi connectivity index (χ3n) is 4.85. The lowest BCUT2D eigenvalue weighted by Gasteiger charge is -2.28. The maximum Gasteiger partial charge on any atom is 0.311 e. The molecule has 0 aliphatic heterocycles. The number of carbonyl (C=O) groups is 1. The minimum absolute atomic E-state index is 0.0807. The quantitative estimate of drug-likeness (QED) is 0.321. The lowest BCUT2D eigenvalue weighted by atomic mass is 9.95. The SMILES string of the molecule is CSCCCC(O)C(O)C(Cc1ccc(O)cc1)NC(=O)c1coc(N(C)S(C)(=O)=O)n1. The van der Waals surface area contributed by atoms with E-state index in [4.69, 9.17) is 4.42 Å². The molecule has 3 atom stereocenters. The van der Waals surface area contributed by atoms with E-state index in [2.05, 4.69) is 10.3 Å². The second-order valence-corrected chi connectivity index (χ2v) is 10.4. The van der Waals surface area contributed by atoms with Crippen molar-refractivity contribution in [2.45, 2.75) is 37.5 Å². The van der Waals surface area contributed by atoms with E-state index in [1.165, 1.54) is 19.2 Å². The van der Waals surface area contributed by atoms with Crippen LogP contribution in [0.3, 0.4) is 0 Å². The number of nitrogens with zero attached hydrogens (tertiary/aromatic N) is 2. The predicted octanol–water partition coefficient (Wildman–Crippen LogP) is 0.982. The van der Waals surface area contributed by atoms with Crippen molar-refractivity contribution in [3.63, 3.8) is 0 Å². The fraction of sp³-hybridized carbons (Fsp3) is 0.500. The molecule has 0 saturated heterocycles. The van der Waals surface area contributed by atoms with Gasteiger partial charge in [0, 0.05) is 7.05 Å². The molecule has 178 valence electrons. The minimum atomic E-state index is -3.62. The Balaban J connectivity index is 2.18. The van der Waals surface area contributed by atoms with Gasteiger partial charge < -0.3 is 25.1 Å². The number of sulfonamides is 1. The van der Waals surface area contributed by atoms with E-state index in [1.54, 1.807) is 23.9 Å². The van der Waals surface area contributed by atoms with E-state index in [0.29, 0.717) is 12.8 Å². The van der Waals surface area contributed by atoms with Crippen LogP contribution in [-0.2, 0) is 16.4 Å². The molecule has 3 unspecified atom stereocenters. The van der Waals surface area contributed by atoms with Crippen LogP contribution in [0.15, 0.2) is 34.9 Å². The van der Waals surface area contributed by atoms with Gasteiger partial charge in [-0.2, -0.15) is 16.7 Å². The van der Waals surface area contributed by atoms with Gasteiger partial charge in [-0.1, -0.05) is 12.1 Å². The molecule has 1 amide bonds. The number of thioether (sulfide) groups is 1. The summed E-state index contributed by atoms with van der Waals surface area (Å²) < 4.78 is 29.2. The number of aliphatic hydroxyl groups excluding tert-OH is 2. The summed E-state index contributed by atoms with van der Waals surface area (Å²) in [5.74, 6) is 0.215. The summed E-state index contributed by atoms with van der Waals surface area (Å²) in [4.78, 5) is 16.6. The Labute approximate surface area is 191 Å². The first-order chi connectivity index (χ1) is 15.0. The number of aromatic hydroxyl groups is 1. The maximum absolute atomic E-state index is 12.7. The van der Waals surface area contributed by atoms with E-state index in [-0.39, 0.29) is 23.9 Å². The molecule has 2 rings (SSSR count). The van der Waals surface area contributed by atoms with Crippen LogP contribution in [0, 0.1) is 0 Å². The first-order valence-corrected chi connectivity index (χ1v) is 13.1. The number of rotatable bonds is 12. The molecule has 32 heavy (non-hydrogen) atoms. The summed E-state index contributed by atoms with van der Waals surface area (Å²) in [6, 6.07) is 5.13. The fourth-order valence-electron chi connectivity index (χ4n) is 2.92. The molecule has 0 aliphatic carbocycles. The number of aliphatic hydroxyl groups is 2. The van der Waals surface area contributed by atoms with Crippen LogP contribution < -0.4 is 9.62 Å². The van der Waals surface area contributed by atoms with E-state index >= 15 is 0 Å². The van der Waals surface area contributed by atoms with Gasteiger partial charge in [-0.25, -0.2) is 12.7 Å². The summed E-state index contributed by atoms with van der Waals surface area (Å²) in [5.41, 5.74) is 0.552. The zero-order chi connectivity index (χ0) is 23.9. The molecule has 2 aromatic rings. The van der Waals surface area contributed by atoms with Crippen molar-refractivity contribution in [3.8, 4) is 5.75 Å². The summed E-state index contributed by atoms with van der Waals surface area (Å²) in [5, 5.41) is 33.3. The Bertz CT molecular complexity index is 979. The molecule has 1 heterocycles. The number of carbonyl (C=O) groups excluding carboxylic acids is 1. The van der Waals surface area contributed by atoms with Gasteiger partial charge >= 0.3 is 6.01 Å².